The highest BCUT2D eigenvalue weighted by Gasteiger charge is 2.22. The van der Waals surface area contributed by atoms with E-state index in [0.29, 0.717) is 28.2 Å². The molecule has 0 saturated carbocycles. The van der Waals surface area contributed by atoms with E-state index in [1.165, 1.54) is 19.2 Å². The highest BCUT2D eigenvalue weighted by Crippen LogP contribution is 2.33. The number of carbonyl (C=O) groups excluding carboxylic acids is 1. The van der Waals surface area contributed by atoms with Gasteiger partial charge >= 0.3 is 5.97 Å². The molecule has 1 aliphatic heterocycles. The zero-order chi connectivity index (χ0) is 17.8. The minimum atomic E-state index is -0.546. The van der Waals surface area contributed by atoms with Gasteiger partial charge in [-0.1, -0.05) is 0 Å². The summed E-state index contributed by atoms with van der Waals surface area (Å²) in [6.45, 7) is 0.107. The lowest BCUT2D eigenvalue weighted by atomic mass is 10.1. The first kappa shape index (κ1) is 16.7. The highest BCUT2D eigenvalue weighted by atomic mass is 16.7. The molecule has 1 heterocycles. The van der Waals surface area contributed by atoms with Crippen molar-refractivity contribution in [3.8, 4) is 11.5 Å². The van der Waals surface area contributed by atoms with Crippen LogP contribution < -0.4 is 9.47 Å². The molecule has 25 heavy (non-hydrogen) atoms. The van der Waals surface area contributed by atoms with Gasteiger partial charge in [-0.3, -0.25) is 10.1 Å². The lowest BCUT2D eigenvalue weighted by Crippen LogP contribution is -2.15. The van der Waals surface area contributed by atoms with Crippen molar-refractivity contribution in [3.63, 3.8) is 0 Å². The SMILES string of the molecule is COc1ccc(C(=O)OCc2cc([N+](=O)[O-])cc3c2OCOC3)cc1. The molecule has 0 radical (unpaired) electrons. The molecule has 1 aliphatic rings. The molecule has 8 nitrogen and oxygen atoms in total. The van der Waals surface area contributed by atoms with Crippen LogP contribution in [0, 0.1) is 10.1 Å². The molecule has 3 rings (SSSR count). The Labute approximate surface area is 143 Å². The Balaban J connectivity index is 1.78. The van der Waals surface area contributed by atoms with E-state index in [2.05, 4.69) is 0 Å². The van der Waals surface area contributed by atoms with E-state index >= 15 is 0 Å². The summed E-state index contributed by atoms with van der Waals surface area (Å²) in [4.78, 5) is 22.7. The van der Waals surface area contributed by atoms with E-state index in [1.807, 2.05) is 0 Å². The molecule has 130 valence electrons. The van der Waals surface area contributed by atoms with Gasteiger partial charge in [-0.05, 0) is 24.3 Å². The third-order valence-corrected chi connectivity index (χ3v) is 3.67. The van der Waals surface area contributed by atoms with Crippen molar-refractivity contribution in [2.24, 2.45) is 0 Å². The Morgan fingerprint density at radius 1 is 1.28 bits per heavy atom. The molecular weight excluding hydrogens is 330 g/mol. The van der Waals surface area contributed by atoms with E-state index in [9.17, 15) is 14.9 Å². The lowest BCUT2D eigenvalue weighted by molar-refractivity contribution is -0.385. The van der Waals surface area contributed by atoms with Crippen LogP contribution in [0.4, 0.5) is 5.69 Å². The third kappa shape index (κ3) is 3.69. The normalized spacial score (nSPS) is 12.7. The number of nitrogens with zero attached hydrogens (tertiary/aromatic N) is 1. The summed E-state index contributed by atoms with van der Waals surface area (Å²) in [6, 6.07) is 9.18. The van der Waals surface area contributed by atoms with Crippen molar-refractivity contribution in [2.75, 3.05) is 13.9 Å². The fraction of sp³-hybridized carbons (Fsp3) is 0.235. The maximum Gasteiger partial charge on any atom is 0.338 e. The van der Waals surface area contributed by atoms with Crippen LogP contribution in [0.25, 0.3) is 0 Å². The summed E-state index contributed by atoms with van der Waals surface area (Å²) in [6.07, 6.45) is 0. The Hall–Kier alpha value is -3.13. The molecule has 0 unspecified atom stereocenters. The van der Waals surface area contributed by atoms with E-state index in [-0.39, 0.29) is 25.7 Å². The van der Waals surface area contributed by atoms with E-state index in [4.69, 9.17) is 18.9 Å². The molecule has 0 spiro atoms. The maximum absolute atomic E-state index is 12.1. The van der Waals surface area contributed by atoms with Crippen LogP contribution in [0.3, 0.4) is 0 Å². The van der Waals surface area contributed by atoms with Crippen molar-refractivity contribution in [1.82, 2.24) is 0 Å². The van der Waals surface area contributed by atoms with Crippen molar-refractivity contribution >= 4 is 11.7 Å². The van der Waals surface area contributed by atoms with Gasteiger partial charge in [-0.2, -0.15) is 0 Å². The summed E-state index contributed by atoms with van der Waals surface area (Å²) in [5, 5.41) is 11.1. The van der Waals surface area contributed by atoms with Gasteiger partial charge in [0.15, 0.2) is 6.79 Å². The predicted octanol–water partition coefficient (Wildman–Crippen LogP) is 2.83. The molecule has 0 aromatic heterocycles. The van der Waals surface area contributed by atoms with Gasteiger partial charge in [0.05, 0.1) is 24.2 Å². The van der Waals surface area contributed by atoms with Crippen LogP contribution in [0.15, 0.2) is 36.4 Å². The van der Waals surface area contributed by atoms with E-state index in [1.54, 1.807) is 24.3 Å². The van der Waals surface area contributed by atoms with Gasteiger partial charge in [-0.15, -0.1) is 0 Å². The van der Waals surface area contributed by atoms with Crippen LogP contribution >= 0.6 is 0 Å². The molecule has 0 N–H and O–H groups in total. The fourth-order valence-electron chi connectivity index (χ4n) is 2.45. The van der Waals surface area contributed by atoms with Gasteiger partial charge in [0, 0.05) is 23.3 Å². The molecule has 0 aliphatic carbocycles. The van der Waals surface area contributed by atoms with Crippen molar-refractivity contribution in [1.29, 1.82) is 0 Å². The number of hydrogen-bond acceptors (Lipinski definition) is 7. The number of esters is 1. The number of nitro groups is 1. The summed E-state index contributed by atoms with van der Waals surface area (Å²) in [5.74, 6) is 0.534. The monoisotopic (exact) mass is 345 g/mol. The topological polar surface area (TPSA) is 97.1 Å². The minimum absolute atomic E-state index is 0.0459. The molecular formula is C17H15NO7. The average Bonchev–Trinajstić information content (AvgIpc) is 2.65. The second-order valence-electron chi connectivity index (χ2n) is 5.27. The number of ether oxygens (including phenoxy) is 4. The van der Waals surface area contributed by atoms with Crippen LogP contribution in [-0.4, -0.2) is 24.8 Å². The third-order valence-electron chi connectivity index (χ3n) is 3.67. The number of hydrogen-bond donors (Lipinski definition) is 0. The second kappa shape index (κ2) is 7.18. The van der Waals surface area contributed by atoms with Crippen molar-refractivity contribution in [3.05, 3.63) is 63.2 Å². The summed E-state index contributed by atoms with van der Waals surface area (Å²) >= 11 is 0. The Morgan fingerprint density at radius 3 is 2.72 bits per heavy atom. The number of rotatable bonds is 5. The number of nitro benzene ring substituents is 1. The largest absolute Gasteiger partial charge is 0.497 e. The Kier molecular flexibility index (Phi) is 4.80. The first-order chi connectivity index (χ1) is 12.1. The number of non-ortho nitro benzene ring substituents is 1. The van der Waals surface area contributed by atoms with Gasteiger partial charge in [0.25, 0.3) is 5.69 Å². The zero-order valence-electron chi connectivity index (χ0n) is 13.4. The van der Waals surface area contributed by atoms with Gasteiger partial charge < -0.3 is 18.9 Å². The summed E-state index contributed by atoms with van der Waals surface area (Å²) in [7, 11) is 1.53. The quantitative estimate of drug-likeness (QED) is 0.467. The molecule has 8 heteroatoms. The molecule has 0 bridgehead atoms. The standard InChI is InChI=1S/C17H15NO7/c1-22-15-4-2-11(3-5-15)17(19)24-9-13-7-14(18(20)21)6-12-8-23-10-25-16(12)13/h2-7H,8-10H2,1H3. The molecule has 2 aromatic carbocycles. The van der Waals surface area contributed by atoms with Crippen molar-refractivity contribution in [2.45, 2.75) is 13.2 Å². The molecule has 0 fully saturated rings. The first-order valence-electron chi connectivity index (χ1n) is 7.40. The van der Waals surface area contributed by atoms with Crippen LogP contribution in [-0.2, 0) is 22.7 Å². The second-order valence-corrected chi connectivity index (χ2v) is 5.27. The predicted molar refractivity (Wildman–Crippen MR) is 85.5 cm³/mol. The van der Waals surface area contributed by atoms with Crippen LogP contribution in [0.2, 0.25) is 0 Å². The van der Waals surface area contributed by atoms with Gasteiger partial charge in [0.2, 0.25) is 0 Å². The molecule has 0 amide bonds. The Bertz CT molecular complexity index is 801. The molecule has 2 aromatic rings. The Morgan fingerprint density at radius 2 is 2.04 bits per heavy atom. The first-order valence-corrected chi connectivity index (χ1v) is 7.40. The smallest absolute Gasteiger partial charge is 0.338 e. The molecule has 0 saturated heterocycles. The van der Waals surface area contributed by atoms with Crippen molar-refractivity contribution < 1.29 is 28.7 Å². The number of methoxy groups -OCH3 is 1. The van der Waals surface area contributed by atoms with E-state index in [0.717, 1.165) is 0 Å². The minimum Gasteiger partial charge on any atom is -0.497 e. The zero-order valence-corrected chi connectivity index (χ0v) is 13.4. The van der Waals surface area contributed by atoms with E-state index < -0.39 is 10.9 Å². The van der Waals surface area contributed by atoms with Gasteiger partial charge in [0.1, 0.15) is 18.1 Å². The number of carbonyl (C=O) groups is 1. The average molecular weight is 345 g/mol. The number of benzene rings is 2. The fourth-order valence-corrected chi connectivity index (χ4v) is 2.45. The maximum atomic E-state index is 12.1. The van der Waals surface area contributed by atoms with Crippen LogP contribution in [0.1, 0.15) is 21.5 Å². The van der Waals surface area contributed by atoms with Gasteiger partial charge in [-0.25, -0.2) is 4.79 Å². The summed E-state index contributed by atoms with van der Waals surface area (Å²) in [5.41, 5.74) is 1.22. The highest BCUT2D eigenvalue weighted by molar-refractivity contribution is 5.89. The van der Waals surface area contributed by atoms with Crippen LogP contribution in [0.5, 0.6) is 11.5 Å². The molecule has 0 atom stereocenters. The lowest BCUT2D eigenvalue weighted by Gasteiger charge is -2.20. The number of fused-ring (bicyclic) bond motifs is 1. The summed E-state index contributed by atoms with van der Waals surface area (Å²) < 4.78 is 20.8.